The molecule has 0 aliphatic carbocycles. The van der Waals surface area contributed by atoms with E-state index in [1.54, 1.807) is 0 Å². The Bertz CT molecular complexity index is 358. The molecule has 108 valence electrons. The molecular formula is C14H25N3O2. The van der Waals surface area contributed by atoms with E-state index in [1.165, 1.54) is 6.33 Å². The van der Waals surface area contributed by atoms with E-state index in [0.717, 1.165) is 18.8 Å². The highest BCUT2D eigenvalue weighted by Crippen LogP contribution is 2.15. The first-order valence-corrected chi connectivity index (χ1v) is 6.96. The first-order valence-electron chi connectivity index (χ1n) is 6.96. The molecule has 1 heterocycles. The maximum atomic E-state index is 5.50. The van der Waals surface area contributed by atoms with Crippen LogP contribution in [0.1, 0.15) is 34.1 Å². The number of aromatic nitrogens is 2. The van der Waals surface area contributed by atoms with E-state index in [1.807, 2.05) is 13.0 Å². The van der Waals surface area contributed by atoms with Gasteiger partial charge in [-0.25, -0.2) is 9.97 Å². The molecule has 0 saturated carbocycles. The zero-order chi connectivity index (χ0) is 14.1. The largest absolute Gasteiger partial charge is 0.478 e. The average molecular weight is 267 g/mol. The zero-order valence-corrected chi connectivity index (χ0v) is 12.3. The molecule has 1 N–H and O–H groups in total. The Hall–Kier alpha value is -1.36. The number of nitrogens with zero attached hydrogens (tertiary/aromatic N) is 2. The van der Waals surface area contributed by atoms with Crippen molar-refractivity contribution in [1.82, 2.24) is 9.97 Å². The van der Waals surface area contributed by atoms with E-state index in [0.29, 0.717) is 25.0 Å². The third kappa shape index (κ3) is 5.87. The lowest BCUT2D eigenvalue weighted by Gasteiger charge is -2.22. The van der Waals surface area contributed by atoms with Gasteiger partial charge in [-0.2, -0.15) is 0 Å². The van der Waals surface area contributed by atoms with Gasteiger partial charge >= 0.3 is 0 Å². The lowest BCUT2D eigenvalue weighted by atomic mass is 10.1. The van der Waals surface area contributed by atoms with Gasteiger partial charge in [0.25, 0.3) is 0 Å². The summed E-state index contributed by atoms with van der Waals surface area (Å²) in [4.78, 5) is 8.31. The average Bonchev–Trinajstić information content (AvgIpc) is 2.41. The standard InChI is InChI=1S/C14H25N3O2/c1-5-7-19-14-8-13(15-10-16-14)17-12(11(3)4)9-18-6-2/h8,10-12H,5-7,9H2,1-4H3,(H,15,16,17). The molecule has 0 radical (unpaired) electrons. The van der Waals surface area contributed by atoms with E-state index in [4.69, 9.17) is 9.47 Å². The predicted molar refractivity (Wildman–Crippen MR) is 76.6 cm³/mol. The van der Waals surface area contributed by atoms with Crippen LogP contribution < -0.4 is 10.1 Å². The molecule has 0 amide bonds. The van der Waals surface area contributed by atoms with E-state index in [2.05, 4.69) is 36.1 Å². The molecule has 0 aliphatic rings. The Kier molecular flexibility index (Phi) is 7.18. The Labute approximate surface area is 115 Å². The van der Waals surface area contributed by atoms with Gasteiger partial charge in [-0.1, -0.05) is 20.8 Å². The third-order valence-corrected chi connectivity index (χ3v) is 2.74. The van der Waals surface area contributed by atoms with Crippen molar-refractivity contribution in [2.75, 3.05) is 25.1 Å². The molecule has 0 bridgehead atoms. The molecule has 0 aromatic carbocycles. The highest BCUT2D eigenvalue weighted by Gasteiger charge is 2.14. The Morgan fingerprint density at radius 3 is 2.68 bits per heavy atom. The second kappa shape index (κ2) is 8.69. The molecule has 5 heteroatoms. The Balaban J connectivity index is 2.62. The third-order valence-electron chi connectivity index (χ3n) is 2.74. The summed E-state index contributed by atoms with van der Waals surface area (Å²) in [5.41, 5.74) is 0. The SMILES string of the molecule is CCCOc1cc(NC(COCC)C(C)C)ncn1. The first-order chi connectivity index (χ1) is 9.17. The van der Waals surface area contributed by atoms with Gasteiger partial charge in [0.2, 0.25) is 5.88 Å². The number of hydrogen-bond acceptors (Lipinski definition) is 5. The van der Waals surface area contributed by atoms with Gasteiger partial charge in [0, 0.05) is 12.7 Å². The fourth-order valence-corrected chi connectivity index (χ4v) is 1.54. The summed E-state index contributed by atoms with van der Waals surface area (Å²) in [6.45, 7) is 10.4. The monoisotopic (exact) mass is 267 g/mol. The number of nitrogens with one attached hydrogen (secondary N) is 1. The normalized spacial score (nSPS) is 12.5. The van der Waals surface area contributed by atoms with Crippen LogP contribution in [0.2, 0.25) is 0 Å². The van der Waals surface area contributed by atoms with Crippen LogP contribution >= 0.6 is 0 Å². The van der Waals surface area contributed by atoms with Crippen LogP contribution in [-0.4, -0.2) is 35.8 Å². The van der Waals surface area contributed by atoms with Crippen LogP contribution in [0.4, 0.5) is 5.82 Å². The molecule has 0 saturated heterocycles. The smallest absolute Gasteiger partial charge is 0.218 e. The predicted octanol–water partition coefficient (Wildman–Crippen LogP) is 2.74. The van der Waals surface area contributed by atoms with Gasteiger partial charge in [0.1, 0.15) is 12.1 Å². The van der Waals surface area contributed by atoms with Crippen LogP contribution in [0.5, 0.6) is 5.88 Å². The fraction of sp³-hybridized carbons (Fsp3) is 0.714. The summed E-state index contributed by atoms with van der Waals surface area (Å²) in [5.74, 6) is 1.85. The highest BCUT2D eigenvalue weighted by atomic mass is 16.5. The molecule has 1 rings (SSSR count). The van der Waals surface area contributed by atoms with E-state index in [9.17, 15) is 0 Å². The first kappa shape index (κ1) is 15.7. The second-order valence-electron chi connectivity index (χ2n) is 4.74. The summed E-state index contributed by atoms with van der Waals surface area (Å²) >= 11 is 0. The summed E-state index contributed by atoms with van der Waals surface area (Å²) in [7, 11) is 0. The Morgan fingerprint density at radius 1 is 1.26 bits per heavy atom. The minimum atomic E-state index is 0.230. The van der Waals surface area contributed by atoms with Crippen molar-refractivity contribution in [3.05, 3.63) is 12.4 Å². The number of hydrogen-bond donors (Lipinski definition) is 1. The van der Waals surface area contributed by atoms with Crippen molar-refractivity contribution in [2.45, 2.75) is 40.2 Å². The molecular weight excluding hydrogens is 242 g/mol. The van der Waals surface area contributed by atoms with Crippen molar-refractivity contribution in [3.63, 3.8) is 0 Å². The van der Waals surface area contributed by atoms with Crippen LogP contribution in [0, 0.1) is 5.92 Å². The van der Waals surface area contributed by atoms with Crippen LogP contribution in [-0.2, 0) is 4.74 Å². The molecule has 1 atom stereocenters. The molecule has 5 nitrogen and oxygen atoms in total. The molecule has 1 aromatic heterocycles. The number of anilines is 1. The van der Waals surface area contributed by atoms with Gasteiger partial charge in [0.05, 0.1) is 19.3 Å². The zero-order valence-electron chi connectivity index (χ0n) is 12.3. The van der Waals surface area contributed by atoms with Crippen molar-refractivity contribution < 1.29 is 9.47 Å². The minimum Gasteiger partial charge on any atom is -0.478 e. The molecule has 0 aliphatic heterocycles. The minimum absolute atomic E-state index is 0.230. The molecule has 0 fully saturated rings. The highest BCUT2D eigenvalue weighted by molar-refractivity contribution is 5.38. The maximum absolute atomic E-state index is 5.50. The van der Waals surface area contributed by atoms with Crippen molar-refractivity contribution >= 4 is 5.82 Å². The number of rotatable bonds is 9. The van der Waals surface area contributed by atoms with Crippen molar-refractivity contribution in [1.29, 1.82) is 0 Å². The van der Waals surface area contributed by atoms with E-state index in [-0.39, 0.29) is 6.04 Å². The van der Waals surface area contributed by atoms with Gasteiger partial charge in [-0.3, -0.25) is 0 Å². The fourth-order valence-electron chi connectivity index (χ4n) is 1.54. The topological polar surface area (TPSA) is 56.3 Å². The summed E-state index contributed by atoms with van der Waals surface area (Å²) in [6.07, 6.45) is 2.48. The van der Waals surface area contributed by atoms with Gasteiger partial charge in [0.15, 0.2) is 0 Å². The van der Waals surface area contributed by atoms with Crippen LogP contribution in [0.15, 0.2) is 12.4 Å². The van der Waals surface area contributed by atoms with Crippen LogP contribution in [0.25, 0.3) is 0 Å². The molecule has 0 spiro atoms. The summed E-state index contributed by atoms with van der Waals surface area (Å²) in [6, 6.07) is 2.06. The molecule has 1 aromatic rings. The van der Waals surface area contributed by atoms with Gasteiger partial charge in [-0.05, 0) is 19.3 Å². The van der Waals surface area contributed by atoms with E-state index >= 15 is 0 Å². The quantitative estimate of drug-likeness (QED) is 0.745. The van der Waals surface area contributed by atoms with Crippen LogP contribution in [0.3, 0.4) is 0 Å². The lowest BCUT2D eigenvalue weighted by molar-refractivity contribution is 0.126. The summed E-state index contributed by atoms with van der Waals surface area (Å²) in [5, 5.41) is 3.37. The molecule has 1 unspecified atom stereocenters. The van der Waals surface area contributed by atoms with Crippen molar-refractivity contribution in [2.24, 2.45) is 5.92 Å². The van der Waals surface area contributed by atoms with Gasteiger partial charge < -0.3 is 14.8 Å². The Morgan fingerprint density at radius 2 is 2.05 bits per heavy atom. The second-order valence-corrected chi connectivity index (χ2v) is 4.74. The lowest BCUT2D eigenvalue weighted by Crippen LogP contribution is -2.31. The molecule has 19 heavy (non-hydrogen) atoms. The van der Waals surface area contributed by atoms with E-state index < -0.39 is 0 Å². The van der Waals surface area contributed by atoms with Crippen molar-refractivity contribution in [3.8, 4) is 5.88 Å². The summed E-state index contributed by atoms with van der Waals surface area (Å²) < 4.78 is 11.0. The number of ether oxygens (including phenoxy) is 2. The maximum Gasteiger partial charge on any atom is 0.218 e. The van der Waals surface area contributed by atoms with Gasteiger partial charge in [-0.15, -0.1) is 0 Å².